The van der Waals surface area contributed by atoms with Gasteiger partial charge in [0, 0.05) is 11.1 Å². The number of hydrazine groups is 1. The highest BCUT2D eigenvalue weighted by molar-refractivity contribution is 5.88. The van der Waals surface area contributed by atoms with Crippen LogP contribution in [0.2, 0.25) is 0 Å². The predicted octanol–water partition coefficient (Wildman–Crippen LogP) is 0.578. The molecule has 0 unspecified atom stereocenters. The van der Waals surface area contributed by atoms with E-state index >= 15 is 0 Å². The standard InChI is InChI=1S/C6H13N3/c1-5-6(2,3)4-9(7)8-5/h4,7H2,1-3H3. The summed E-state index contributed by atoms with van der Waals surface area (Å²) in [6.45, 7) is 7.11. The van der Waals surface area contributed by atoms with Crippen molar-refractivity contribution in [2.45, 2.75) is 20.8 Å². The number of hydrazone groups is 1. The van der Waals surface area contributed by atoms with Gasteiger partial charge in [0.25, 0.3) is 0 Å². The fraction of sp³-hybridized carbons (Fsp3) is 0.833. The van der Waals surface area contributed by atoms with E-state index in [1.165, 1.54) is 5.12 Å². The molecule has 1 heterocycles. The molecule has 0 aliphatic carbocycles. The first-order valence-electron chi connectivity index (χ1n) is 3.10. The SMILES string of the molecule is CC1=NN(N)CC1(C)C. The van der Waals surface area contributed by atoms with Crippen molar-refractivity contribution >= 4 is 5.71 Å². The first kappa shape index (κ1) is 6.55. The average Bonchev–Trinajstić information content (AvgIpc) is 1.79. The molecule has 0 spiro atoms. The third-order valence-corrected chi connectivity index (χ3v) is 1.82. The zero-order valence-corrected chi connectivity index (χ0v) is 6.18. The van der Waals surface area contributed by atoms with E-state index in [0.717, 1.165) is 12.3 Å². The Hall–Kier alpha value is -0.570. The molecule has 2 N–H and O–H groups in total. The minimum absolute atomic E-state index is 0.175. The van der Waals surface area contributed by atoms with Crippen LogP contribution in [-0.2, 0) is 0 Å². The van der Waals surface area contributed by atoms with Crippen LogP contribution in [0.1, 0.15) is 20.8 Å². The second kappa shape index (κ2) is 1.70. The van der Waals surface area contributed by atoms with Crippen molar-refractivity contribution in [2.75, 3.05) is 6.54 Å². The first-order valence-corrected chi connectivity index (χ1v) is 3.10. The minimum Gasteiger partial charge on any atom is -0.232 e. The lowest BCUT2D eigenvalue weighted by molar-refractivity contribution is 0.274. The van der Waals surface area contributed by atoms with Gasteiger partial charge < -0.3 is 0 Å². The number of nitrogens with zero attached hydrogens (tertiary/aromatic N) is 2. The largest absolute Gasteiger partial charge is 0.232 e. The summed E-state index contributed by atoms with van der Waals surface area (Å²) < 4.78 is 0. The van der Waals surface area contributed by atoms with Gasteiger partial charge in [0.05, 0.1) is 6.54 Å². The van der Waals surface area contributed by atoms with Crippen LogP contribution in [0.5, 0.6) is 0 Å². The molecule has 0 radical (unpaired) electrons. The van der Waals surface area contributed by atoms with E-state index in [1.54, 1.807) is 0 Å². The van der Waals surface area contributed by atoms with Crippen molar-refractivity contribution in [1.29, 1.82) is 0 Å². The smallest absolute Gasteiger partial charge is 0.0634 e. The molecule has 0 saturated heterocycles. The lowest BCUT2D eigenvalue weighted by atomic mass is 9.90. The van der Waals surface area contributed by atoms with Gasteiger partial charge in [-0.2, -0.15) is 5.10 Å². The molecule has 0 saturated carbocycles. The molecule has 3 heteroatoms. The number of hydrogen-bond donors (Lipinski definition) is 1. The molecule has 1 aliphatic rings. The van der Waals surface area contributed by atoms with Gasteiger partial charge in [0.2, 0.25) is 0 Å². The summed E-state index contributed by atoms with van der Waals surface area (Å²) in [6, 6.07) is 0. The van der Waals surface area contributed by atoms with Crippen molar-refractivity contribution in [3.8, 4) is 0 Å². The molecule has 0 fully saturated rings. The normalized spacial score (nSPS) is 24.4. The highest BCUT2D eigenvalue weighted by atomic mass is 15.6. The summed E-state index contributed by atoms with van der Waals surface area (Å²) in [6.07, 6.45) is 0. The molecule has 0 aromatic heterocycles. The van der Waals surface area contributed by atoms with Crippen molar-refractivity contribution in [3.05, 3.63) is 0 Å². The van der Waals surface area contributed by atoms with Gasteiger partial charge in [0.15, 0.2) is 0 Å². The maximum atomic E-state index is 5.45. The van der Waals surface area contributed by atoms with E-state index < -0.39 is 0 Å². The summed E-state index contributed by atoms with van der Waals surface area (Å²) in [5.74, 6) is 5.45. The Balaban J connectivity index is 2.76. The highest BCUT2D eigenvalue weighted by Crippen LogP contribution is 2.23. The lowest BCUT2D eigenvalue weighted by Gasteiger charge is -2.16. The Kier molecular flexibility index (Phi) is 1.24. The molecular formula is C6H13N3. The summed E-state index contributed by atoms with van der Waals surface area (Å²) in [4.78, 5) is 0. The Morgan fingerprint density at radius 1 is 1.67 bits per heavy atom. The van der Waals surface area contributed by atoms with Gasteiger partial charge >= 0.3 is 0 Å². The maximum Gasteiger partial charge on any atom is 0.0634 e. The second-order valence-electron chi connectivity index (χ2n) is 3.17. The first-order chi connectivity index (χ1) is 4.02. The van der Waals surface area contributed by atoms with E-state index in [9.17, 15) is 0 Å². The van der Waals surface area contributed by atoms with Crippen molar-refractivity contribution in [3.63, 3.8) is 0 Å². The van der Waals surface area contributed by atoms with Gasteiger partial charge in [0.1, 0.15) is 0 Å². The van der Waals surface area contributed by atoms with Gasteiger partial charge in [-0.1, -0.05) is 13.8 Å². The molecule has 0 bridgehead atoms. The van der Waals surface area contributed by atoms with Gasteiger partial charge in [-0.15, -0.1) is 0 Å². The molecule has 3 nitrogen and oxygen atoms in total. The van der Waals surface area contributed by atoms with Gasteiger partial charge in [-0.05, 0) is 6.92 Å². The number of nitrogens with two attached hydrogens (primary N) is 1. The third kappa shape index (κ3) is 1.05. The molecule has 1 rings (SSSR count). The van der Waals surface area contributed by atoms with E-state index in [2.05, 4.69) is 18.9 Å². The van der Waals surface area contributed by atoms with Crippen LogP contribution < -0.4 is 5.84 Å². The van der Waals surface area contributed by atoms with Gasteiger partial charge in [-0.3, -0.25) is 0 Å². The monoisotopic (exact) mass is 127 g/mol. The number of rotatable bonds is 0. The molecule has 0 aromatic carbocycles. The molecular weight excluding hydrogens is 114 g/mol. The molecule has 52 valence electrons. The van der Waals surface area contributed by atoms with Crippen molar-refractivity contribution in [2.24, 2.45) is 16.4 Å². The average molecular weight is 127 g/mol. The molecule has 9 heavy (non-hydrogen) atoms. The Morgan fingerprint density at radius 3 is 2.33 bits per heavy atom. The molecule has 0 atom stereocenters. The zero-order valence-electron chi connectivity index (χ0n) is 6.18. The second-order valence-corrected chi connectivity index (χ2v) is 3.17. The Labute approximate surface area is 55.5 Å². The maximum absolute atomic E-state index is 5.45. The van der Waals surface area contributed by atoms with Crippen LogP contribution in [0, 0.1) is 5.41 Å². The Bertz CT molecular complexity index is 148. The molecule has 0 amide bonds. The fourth-order valence-corrected chi connectivity index (χ4v) is 0.883. The molecule has 1 aliphatic heterocycles. The summed E-state index contributed by atoms with van der Waals surface area (Å²) in [7, 11) is 0. The van der Waals surface area contributed by atoms with Crippen molar-refractivity contribution in [1.82, 2.24) is 5.12 Å². The zero-order chi connectivity index (χ0) is 7.07. The van der Waals surface area contributed by atoms with E-state index in [1.807, 2.05) is 6.92 Å². The summed E-state index contributed by atoms with van der Waals surface area (Å²) in [5, 5.41) is 5.56. The van der Waals surface area contributed by atoms with Crippen LogP contribution in [-0.4, -0.2) is 17.4 Å². The van der Waals surface area contributed by atoms with Crippen LogP contribution in [0.15, 0.2) is 5.10 Å². The van der Waals surface area contributed by atoms with E-state index in [-0.39, 0.29) is 5.41 Å². The van der Waals surface area contributed by atoms with E-state index in [4.69, 9.17) is 5.84 Å². The quantitative estimate of drug-likeness (QED) is 0.483. The Morgan fingerprint density at radius 2 is 2.22 bits per heavy atom. The highest BCUT2D eigenvalue weighted by Gasteiger charge is 2.29. The topological polar surface area (TPSA) is 41.6 Å². The summed E-state index contributed by atoms with van der Waals surface area (Å²) in [5.41, 5.74) is 1.29. The van der Waals surface area contributed by atoms with Crippen molar-refractivity contribution < 1.29 is 0 Å². The minimum atomic E-state index is 0.175. The van der Waals surface area contributed by atoms with Crippen LogP contribution >= 0.6 is 0 Å². The van der Waals surface area contributed by atoms with Crippen LogP contribution in [0.25, 0.3) is 0 Å². The molecule has 0 aromatic rings. The number of hydrogen-bond acceptors (Lipinski definition) is 3. The van der Waals surface area contributed by atoms with Crippen LogP contribution in [0.4, 0.5) is 0 Å². The van der Waals surface area contributed by atoms with Crippen LogP contribution in [0.3, 0.4) is 0 Å². The lowest BCUT2D eigenvalue weighted by Crippen LogP contribution is -2.30. The third-order valence-electron chi connectivity index (χ3n) is 1.82. The van der Waals surface area contributed by atoms with E-state index in [0.29, 0.717) is 0 Å². The fourth-order valence-electron chi connectivity index (χ4n) is 0.883. The predicted molar refractivity (Wildman–Crippen MR) is 37.8 cm³/mol. The summed E-state index contributed by atoms with van der Waals surface area (Å²) >= 11 is 0. The van der Waals surface area contributed by atoms with Gasteiger partial charge in [-0.25, -0.2) is 11.0 Å².